The molecule has 1 saturated heterocycles. The van der Waals surface area contributed by atoms with E-state index < -0.39 is 0 Å². The fraction of sp³-hybridized carbons (Fsp3) is 0.750. The summed E-state index contributed by atoms with van der Waals surface area (Å²) in [5, 5.41) is 2.80. The van der Waals surface area contributed by atoms with Crippen molar-refractivity contribution in [2.75, 3.05) is 6.73 Å². The van der Waals surface area contributed by atoms with E-state index in [2.05, 4.69) is 10.1 Å². The lowest BCUT2D eigenvalue weighted by Gasteiger charge is -1.89. The van der Waals surface area contributed by atoms with Gasteiger partial charge in [-0.1, -0.05) is 0 Å². The molecule has 0 spiro atoms. The van der Waals surface area contributed by atoms with Crippen LogP contribution in [0, 0.1) is 0 Å². The van der Waals surface area contributed by atoms with E-state index in [1.807, 2.05) is 0 Å². The molecule has 1 fully saturated rings. The van der Waals surface area contributed by atoms with Gasteiger partial charge in [0.15, 0.2) is 0 Å². The third-order valence-electron chi connectivity index (χ3n) is 0.958. The Morgan fingerprint density at radius 1 is 2.00 bits per heavy atom. The predicted molar refractivity (Wildman–Crippen MR) is 23.6 cm³/mol. The molecule has 3 heteroatoms. The summed E-state index contributed by atoms with van der Waals surface area (Å²) in [6.45, 7) is 2.15. The monoisotopic (exact) mass is 101 g/mol. The molecule has 0 aromatic carbocycles. The lowest BCUT2D eigenvalue weighted by atomic mass is 10.4. The van der Waals surface area contributed by atoms with Crippen LogP contribution in [0.2, 0.25) is 0 Å². The molecule has 0 aliphatic carbocycles. The number of esters is 1. The van der Waals surface area contributed by atoms with E-state index >= 15 is 0 Å². The van der Waals surface area contributed by atoms with Crippen molar-refractivity contribution in [1.29, 1.82) is 0 Å². The summed E-state index contributed by atoms with van der Waals surface area (Å²) in [6, 6.07) is -0.0972. The van der Waals surface area contributed by atoms with Crippen LogP contribution in [0.1, 0.15) is 6.92 Å². The van der Waals surface area contributed by atoms with Crippen LogP contribution < -0.4 is 5.32 Å². The Morgan fingerprint density at radius 3 is 2.86 bits per heavy atom. The second kappa shape index (κ2) is 1.50. The average molecular weight is 101 g/mol. The maximum atomic E-state index is 10.3. The van der Waals surface area contributed by atoms with E-state index in [-0.39, 0.29) is 12.0 Å². The summed E-state index contributed by atoms with van der Waals surface area (Å²) in [5.41, 5.74) is 0. The summed E-state index contributed by atoms with van der Waals surface area (Å²) in [5.74, 6) is -0.153. The van der Waals surface area contributed by atoms with Gasteiger partial charge in [-0.3, -0.25) is 10.1 Å². The van der Waals surface area contributed by atoms with E-state index in [0.717, 1.165) is 0 Å². The number of carbonyl (C=O) groups is 1. The Bertz CT molecular complexity index is 91.7. The van der Waals surface area contributed by atoms with E-state index in [1.54, 1.807) is 6.92 Å². The van der Waals surface area contributed by atoms with Crippen molar-refractivity contribution in [2.45, 2.75) is 13.0 Å². The summed E-state index contributed by atoms with van der Waals surface area (Å²) in [6.07, 6.45) is 0. The Hall–Kier alpha value is -0.570. The van der Waals surface area contributed by atoms with Gasteiger partial charge in [-0.25, -0.2) is 0 Å². The van der Waals surface area contributed by atoms with Crippen molar-refractivity contribution in [2.24, 2.45) is 0 Å². The SMILES string of the molecule is C[C@@H]1NCOC1=O. The van der Waals surface area contributed by atoms with Crippen LogP contribution in [-0.2, 0) is 9.53 Å². The van der Waals surface area contributed by atoms with Gasteiger partial charge in [0.25, 0.3) is 0 Å². The van der Waals surface area contributed by atoms with Gasteiger partial charge in [-0.2, -0.15) is 0 Å². The van der Waals surface area contributed by atoms with Crippen molar-refractivity contribution < 1.29 is 9.53 Å². The maximum absolute atomic E-state index is 10.3. The van der Waals surface area contributed by atoms with Gasteiger partial charge >= 0.3 is 5.97 Å². The molecular formula is C4H7NO2. The number of cyclic esters (lactones) is 1. The number of carbonyl (C=O) groups excluding carboxylic acids is 1. The summed E-state index contributed by atoms with van der Waals surface area (Å²) < 4.78 is 4.52. The normalized spacial score (nSPS) is 30.4. The second-order valence-corrected chi connectivity index (χ2v) is 1.53. The van der Waals surface area contributed by atoms with Gasteiger partial charge in [0.2, 0.25) is 0 Å². The zero-order valence-corrected chi connectivity index (χ0v) is 4.10. The van der Waals surface area contributed by atoms with Crippen molar-refractivity contribution in [3.05, 3.63) is 0 Å². The fourth-order valence-electron chi connectivity index (χ4n) is 0.446. The Balaban J connectivity index is 2.48. The molecule has 1 N–H and O–H groups in total. The lowest BCUT2D eigenvalue weighted by Crippen LogP contribution is -2.22. The second-order valence-electron chi connectivity index (χ2n) is 1.53. The zero-order chi connectivity index (χ0) is 5.28. The van der Waals surface area contributed by atoms with Crippen molar-refractivity contribution in [3.8, 4) is 0 Å². The van der Waals surface area contributed by atoms with E-state index in [9.17, 15) is 4.79 Å². The number of hydrogen-bond acceptors (Lipinski definition) is 3. The van der Waals surface area contributed by atoms with Gasteiger partial charge in [0.1, 0.15) is 12.8 Å². The van der Waals surface area contributed by atoms with Gasteiger partial charge in [-0.15, -0.1) is 0 Å². The first-order chi connectivity index (χ1) is 3.30. The maximum Gasteiger partial charge on any atom is 0.324 e. The first-order valence-corrected chi connectivity index (χ1v) is 2.21. The van der Waals surface area contributed by atoms with Crippen molar-refractivity contribution in [3.63, 3.8) is 0 Å². The molecule has 0 aromatic rings. The smallest absolute Gasteiger partial charge is 0.324 e. The van der Waals surface area contributed by atoms with Crippen molar-refractivity contribution >= 4 is 5.97 Å². The van der Waals surface area contributed by atoms with Gasteiger partial charge < -0.3 is 4.74 Å². The molecule has 0 saturated carbocycles. The topological polar surface area (TPSA) is 38.3 Å². The Kier molecular flexibility index (Phi) is 0.982. The highest BCUT2D eigenvalue weighted by atomic mass is 16.6. The molecule has 0 unspecified atom stereocenters. The first-order valence-electron chi connectivity index (χ1n) is 2.21. The first kappa shape index (κ1) is 4.59. The minimum atomic E-state index is -0.153. The molecule has 3 nitrogen and oxygen atoms in total. The molecule has 7 heavy (non-hydrogen) atoms. The molecule has 40 valence electrons. The molecule has 0 bridgehead atoms. The Morgan fingerprint density at radius 2 is 2.71 bits per heavy atom. The zero-order valence-electron chi connectivity index (χ0n) is 4.10. The highest BCUT2D eigenvalue weighted by molar-refractivity contribution is 5.76. The van der Waals surface area contributed by atoms with E-state index in [1.165, 1.54) is 0 Å². The van der Waals surface area contributed by atoms with Crippen LogP contribution in [0.4, 0.5) is 0 Å². The molecule has 1 atom stereocenters. The molecule has 1 rings (SSSR count). The molecule has 0 radical (unpaired) electrons. The predicted octanol–water partition coefficient (Wildman–Crippen LogP) is -0.521. The van der Waals surface area contributed by atoms with E-state index in [4.69, 9.17) is 0 Å². The molecule has 1 heterocycles. The summed E-state index contributed by atoms with van der Waals surface area (Å²) >= 11 is 0. The molecule has 0 aromatic heterocycles. The minimum absolute atomic E-state index is 0.0972. The van der Waals surface area contributed by atoms with Crippen LogP contribution in [-0.4, -0.2) is 18.7 Å². The Labute approximate surface area is 41.7 Å². The van der Waals surface area contributed by atoms with Crippen molar-refractivity contribution in [1.82, 2.24) is 5.32 Å². The van der Waals surface area contributed by atoms with Gasteiger partial charge in [0.05, 0.1) is 0 Å². The molecule has 1 aliphatic rings. The molecular weight excluding hydrogens is 94.0 g/mol. The third kappa shape index (κ3) is 0.718. The van der Waals surface area contributed by atoms with Crippen LogP contribution >= 0.6 is 0 Å². The third-order valence-corrected chi connectivity index (χ3v) is 0.958. The summed E-state index contributed by atoms with van der Waals surface area (Å²) in [4.78, 5) is 10.3. The standard InChI is InChI=1S/C4H7NO2/c1-3-4(6)7-2-5-3/h3,5H,2H2,1H3/t3-/m0/s1. The van der Waals surface area contributed by atoms with Crippen LogP contribution in [0.3, 0.4) is 0 Å². The quantitative estimate of drug-likeness (QED) is 0.417. The van der Waals surface area contributed by atoms with Crippen LogP contribution in [0.25, 0.3) is 0 Å². The summed E-state index contributed by atoms with van der Waals surface area (Å²) in [7, 11) is 0. The fourth-order valence-corrected chi connectivity index (χ4v) is 0.446. The number of ether oxygens (including phenoxy) is 1. The van der Waals surface area contributed by atoms with E-state index in [0.29, 0.717) is 6.73 Å². The highest BCUT2D eigenvalue weighted by Gasteiger charge is 2.19. The highest BCUT2D eigenvalue weighted by Crippen LogP contribution is 1.92. The largest absolute Gasteiger partial charge is 0.449 e. The van der Waals surface area contributed by atoms with Crippen LogP contribution in [0.5, 0.6) is 0 Å². The minimum Gasteiger partial charge on any atom is -0.449 e. The van der Waals surface area contributed by atoms with Crippen LogP contribution in [0.15, 0.2) is 0 Å². The average Bonchev–Trinajstić information content (AvgIpc) is 1.91. The lowest BCUT2D eigenvalue weighted by molar-refractivity contribution is -0.138. The number of hydrogen-bond donors (Lipinski definition) is 1. The number of nitrogens with one attached hydrogen (secondary N) is 1. The molecule has 0 amide bonds. The van der Waals surface area contributed by atoms with Gasteiger partial charge in [-0.05, 0) is 6.92 Å². The number of rotatable bonds is 0. The molecule has 1 aliphatic heterocycles. The van der Waals surface area contributed by atoms with Gasteiger partial charge in [0, 0.05) is 0 Å².